The second kappa shape index (κ2) is 12.2. The summed E-state index contributed by atoms with van der Waals surface area (Å²) >= 11 is 12.1. The second-order valence-corrected chi connectivity index (χ2v) is 10.5. The molecule has 3 aromatic rings. The van der Waals surface area contributed by atoms with Crippen molar-refractivity contribution in [2.75, 3.05) is 39.4 Å². The van der Waals surface area contributed by atoms with Gasteiger partial charge >= 0.3 is 12.1 Å². The first-order valence-electron chi connectivity index (χ1n) is 12.4. The third-order valence-corrected chi connectivity index (χ3v) is 7.87. The van der Waals surface area contributed by atoms with Crippen molar-refractivity contribution in [2.45, 2.75) is 31.6 Å². The van der Waals surface area contributed by atoms with Gasteiger partial charge in [0.05, 0.1) is 40.6 Å². The number of alkyl halides is 3. The summed E-state index contributed by atoms with van der Waals surface area (Å²) in [6, 6.07) is 8.66. The van der Waals surface area contributed by atoms with Gasteiger partial charge in [-0.05, 0) is 56.3 Å². The molecule has 2 saturated heterocycles. The molecule has 0 saturated carbocycles. The third kappa shape index (κ3) is 6.45. The Hall–Kier alpha value is -2.14. The van der Waals surface area contributed by atoms with E-state index in [1.807, 2.05) is 0 Å². The molecule has 2 aliphatic rings. The van der Waals surface area contributed by atoms with E-state index in [0.29, 0.717) is 27.5 Å². The molecule has 1 aromatic heterocycles. The third-order valence-electron chi connectivity index (χ3n) is 7.31. The lowest BCUT2D eigenvalue weighted by molar-refractivity contribution is -0.137. The van der Waals surface area contributed by atoms with E-state index in [-0.39, 0.29) is 35.8 Å². The summed E-state index contributed by atoms with van der Waals surface area (Å²) in [6.07, 6.45) is -2.86. The lowest BCUT2D eigenvalue weighted by Crippen LogP contribution is -2.48. The molecule has 210 valence electrons. The molecule has 0 bridgehead atoms. The number of halogens is 6. The molecule has 2 fully saturated rings. The number of likely N-dealkylation sites (tertiary alicyclic amines) is 1. The summed E-state index contributed by atoms with van der Waals surface area (Å²) in [6.45, 7) is 4.91. The van der Waals surface area contributed by atoms with Gasteiger partial charge < -0.3 is 9.84 Å². The van der Waals surface area contributed by atoms with E-state index in [2.05, 4.69) is 14.8 Å². The maximum Gasteiger partial charge on any atom is 0.417 e. The highest BCUT2D eigenvalue weighted by Gasteiger charge is 2.34. The molecule has 2 aliphatic heterocycles. The molecule has 2 aromatic carbocycles. The van der Waals surface area contributed by atoms with Gasteiger partial charge in [0, 0.05) is 47.2 Å². The molecule has 0 aliphatic carbocycles. The van der Waals surface area contributed by atoms with E-state index in [1.54, 1.807) is 12.1 Å². The quantitative estimate of drug-likeness (QED) is 0.352. The van der Waals surface area contributed by atoms with E-state index >= 15 is 0 Å². The average Bonchev–Trinajstić information content (AvgIpc) is 2.89. The van der Waals surface area contributed by atoms with E-state index in [4.69, 9.17) is 27.9 Å². The molecule has 0 spiro atoms. The van der Waals surface area contributed by atoms with Crippen molar-refractivity contribution in [2.24, 2.45) is 0 Å². The number of piperidine rings is 1. The van der Waals surface area contributed by atoms with Crippen LogP contribution in [-0.4, -0.2) is 71.3 Å². The Bertz CT molecular complexity index is 1360. The maximum atomic E-state index is 13.7. The van der Waals surface area contributed by atoms with Gasteiger partial charge in [0.2, 0.25) is 0 Å². The summed E-state index contributed by atoms with van der Waals surface area (Å²) in [7, 11) is 0. The van der Waals surface area contributed by atoms with Crippen molar-refractivity contribution in [1.29, 1.82) is 0 Å². The van der Waals surface area contributed by atoms with Crippen LogP contribution >= 0.6 is 35.6 Å². The average molecular weight is 605 g/mol. The van der Waals surface area contributed by atoms with Crippen LogP contribution in [-0.2, 0) is 17.5 Å². The van der Waals surface area contributed by atoms with Gasteiger partial charge in [-0.3, -0.25) is 9.80 Å². The van der Waals surface area contributed by atoms with Crippen LogP contribution < -0.4 is 0 Å². The molecule has 39 heavy (non-hydrogen) atoms. The number of aromatic carboxylic acids is 1. The SMILES string of the molecule is Cl.O=C(O)c1c(CN2CCC(N3CCOCC3)CC2)c(-c2ccc(Cl)c(C(F)(F)F)c2)nc2ccc(Cl)cc12. The predicted octanol–water partition coefficient (Wildman–Crippen LogP) is 6.64. The summed E-state index contributed by atoms with van der Waals surface area (Å²) < 4.78 is 46.5. The van der Waals surface area contributed by atoms with Gasteiger partial charge in [0.15, 0.2) is 0 Å². The van der Waals surface area contributed by atoms with Crippen LogP contribution in [0, 0.1) is 0 Å². The summed E-state index contributed by atoms with van der Waals surface area (Å²) in [5.41, 5.74) is 0.0247. The normalized spacial score (nSPS) is 17.8. The number of fused-ring (bicyclic) bond motifs is 1. The standard InChI is InChI=1S/C27H26Cl2F3N3O3.ClH/c28-17-2-4-23-19(14-17)24(26(36)37)20(15-34-7-5-18(6-8-34)35-9-11-38-12-10-35)25(33-23)16-1-3-22(29)21(13-16)27(30,31)32;/h1-4,13-14,18H,5-12,15H2,(H,36,37);1H. The first-order valence-corrected chi connectivity index (χ1v) is 13.1. The number of carboxylic acids is 1. The highest BCUT2D eigenvalue weighted by Crippen LogP contribution is 2.39. The molecule has 12 heteroatoms. The molecule has 0 radical (unpaired) electrons. The predicted molar refractivity (Wildman–Crippen MR) is 147 cm³/mol. The molecule has 0 atom stereocenters. The zero-order chi connectivity index (χ0) is 27.0. The Kier molecular flexibility index (Phi) is 9.30. The fraction of sp³-hybridized carbons (Fsp3) is 0.407. The smallest absolute Gasteiger partial charge is 0.417 e. The largest absolute Gasteiger partial charge is 0.478 e. The van der Waals surface area contributed by atoms with Gasteiger partial charge in [-0.15, -0.1) is 12.4 Å². The van der Waals surface area contributed by atoms with Gasteiger partial charge in [-0.2, -0.15) is 13.2 Å². The van der Waals surface area contributed by atoms with Crippen molar-refractivity contribution >= 4 is 52.5 Å². The lowest BCUT2D eigenvalue weighted by Gasteiger charge is -2.40. The number of hydrogen-bond acceptors (Lipinski definition) is 5. The molecule has 3 heterocycles. The lowest BCUT2D eigenvalue weighted by atomic mass is 9.94. The number of hydrogen-bond donors (Lipinski definition) is 1. The fourth-order valence-corrected chi connectivity index (χ4v) is 5.81. The number of aromatic nitrogens is 1. The molecule has 1 N–H and O–H groups in total. The van der Waals surface area contributed by atoms with Crippen molar-refractivity contribution in [1.82, 2.24) is 14.8 Å². The van der Waals surface area contributed by atoms with Crippen LogP contribution in [0.3, 0.4) is 0 Å². The maximum absolute atomic E-state index is 13.7. The van der Waals surface area contributed by atoms with Crippen LogP contribution in [0.5, 0.6) is 0 Å². The van der Waals surface area contributed by atoms with Crippen LogP contribution in [0.25, 0.3) is 22.2 Å². The van der Waals surface area contributed by atoms with Gasteiger partial charge in [-0.1, -0.05) is 29.3 Å². The first kappa shape index (κ1) is 29.8. The highest BCUT2D eigenvalue weighted by atomic mass is 35.5. The van der Waals surface area contributed by atoms with Gasteiger partial charge in [0.1, 0.15) is 0 Å². The zero-order valence-corrected chi connectivity index (χ0v) is 23.1. The molecule has 6 nitrogen and oxygen atoms in total. The Morgan fingerprint density at radius 1 is 1.05 bits per heavy atom. The van der Waals surface area contributed by atoms with Crippen molar-refractivity contribution in [3.63, 3.8) is 0 Å². The number of carboxylic acid groups (broad SMARTS) is 1. The van der Waals surface area contributed by atoms with Crippen LogP contribution in [0.4, 0.5) is 13.2 Å². The zero-order valence-electron chi connectivity index (χ0n) is 20.8. The van der Waals surface area contributed by atoms with Crippen molar-refractivity contribution < 1.29 is 27.8 Å². The monoisotopic (exact) mass is 603 g/mol. The number of benzene rings is 2. The number of morpholine rings is 1. The van der Waals surface area contributed by atoms with Gasteiger partial charge in [0.25, 0.3) is 0 Å². The number of rotatable bonds is 5. The molecule has 0 amide bonds. The van der Waals surface area contributed by atoms with Crippen molar-refractivity contribution in [3.05, 3.63) is 63.1 Å². The minimum atomic E-state index is -4.67. The van der Waals surface area contributed by atoms with Crippen molar-refractivity contribution in [3.8, 4) is 11.3 Å². The van der Waals surface area contributed by atoms with Gasteiger partial charge in [-0.25, -0.2) is 9.78 Å². The summed E-state index contributed by atoms with van der Waals surface area (Å²) in [5, 5.41) is 10.5. The number of ether oxygens (including phenoxy) is 1. The number of pyridine rings is 1. The molecular formula is C27H27Cl3F3N3O3. The minimum absolute atomic E-state index is 0. The topological polar surface area (TPSA) is 65.9 Å². The Labute approximate surface area is 240 Å². The fourth-order valence-electron chi connectivity index (χ4n) is 5.41. The van der Waals surface area contributed by atoms with E-state index < -0.39 is 22.7 Å². The van der Waals surface area contributed by atoms with E-state index in [1.165, 1.54) is 18.2 Å². The Morgan fingerprint density at radius 2 is 1.74 bits per heavy atom. The van der Waals surface area contributed by atoms with Crippen LogP contribution in [0.1, 0.15) is 34.3 Å². The second-order valence-electron chi connectivity index (χ2n) is 9.63. The van der Waals surface area contributed by atoms with Crippen LogP contribution in [0.15, 0.2) is 36.4 Å². The summed E-state index contributed by atoms with van der Waals surface area (Å²) in [5.74, 6) is -1.19. The van der Waals surface area contributed by atoms with E-state index in [9.17, 15) is 23.1 Å². The van der Waals surface area contributed by atoms with E-state index in [0.717, 1.165) is 58.3 Å². The molecular weight excluding hydrogens is 578 g/mol. The molecule has 5 rings (SSSR count). The highest BCUT2D eigenvalue weighted by molar-refractivity contribution is 6.32. The number of nitrogens with zero attached hydrogens (tertiary/aromatic N) is 3. The molecule has 0 unspecified atom stereocenters. The summed E-state index contributed by atoms with van der Waals surface area (Å²) in [4.78, 5) is 21.8. The first-order chi connectivity index (χ1) is 18.1. The Balaban J connectivity index is 0.00000353. The van der Waals surface area contributed by atoms with Crippen LogP contribution in [0.2, 0.25) is 10.0 Å². The number of carbonyl (C=O) groups is 1. The Morgan fingerprint density at radius 3 is 2.38 bits per heavy atom. The minimum Gasteiger partial charge on any atom is -0.478 e.